The van der Waals surface area contributed by atoms with Gasteiger partial charge in [0.2, 0.25) is 0 Å². The van der Waals surface area contributed by atoms with E-state index in [1.807, 2.05) is 0 Å². The minimum atomic E-state index is -0.437. The van der Waals surface area contributed by atoms with Crippen LogP contribution in [0.15, 0.2) is 29.2 Å². The van der Waals surface area contributed by atoms with E-state index in [9.17, 15) is 10.1 Å². The summed E-state index contributed by atoms with van der Waals surface area (Å²) in [6.07, 6.45) is 0. The minimum Gasteiger partial charge on any atom is -0.258 e. The summed E-state index contributed by atoms with van der Waals surface area (Å²) in [5, 5.41) is 10.1. The zero-order valence-corrected chi connectivity index (χ0v) is 8.91. The number of nitrogens with zero attached hydrogens (tertiary/aromatic N) is 1. The zero-order valence-electron chi connectivity index (χ0n) is 6.02. The Morgan fingerprint density at radius 1 is 1.27 bits per heavy atom. The van der Waals surface area contributed by atoms with Gasteiger partial charge in [0.1, 0.15) is 0 Å². The molecule has 1 rings (SSSR count). The molecule has 0 spiro atoms. The van der Waals surface area contributed by atoms with Crippen LogP contribution in [0.3, 0.4) is 0 Å². The normalized spacial score (nSPS) is 8.45. The van der Waals surface area contributed by atoms with Crippen molar-refractivity contribution >= 4 is 18.3 Å². The van der Waals surface area contributed by atoms with Crippen molar-refractivity contribution < 1.29 is 34.5 Å². The Kier molecular flexibility index (Phi) is 4.76. The third-order valence-electron chi connectivity index (χ3n) is 1.06. The van der Waals surface area contributed by atoms with E-state index >= 15 is 0 Å². The SMILES string of the molecule is O=[N+]([O-])c1ccc(S)cc1.[Na+]. The van der Waals surface area contributed by atoms with Crippen LogP contribution in [0.5, 0.6) is 0 Å². The largest absolute Gasteiger partial charge is 1.00 e. The monoisotopic (exact) mass is 178 g/mol. The van der Waals surface area contributed by atoms with Gasteiger partial charge in [0.15, 0.2) is 0 Å². The Balaban J connectivity index is 0.000001000. The van der Waals surface area contributed by atoms with Crippen LogP contribution in [0.25, 0.3) is 0 Å². The molecule has 11 heavy (non-hydrogen) atoms. The van der Waals surface area contributed by atoms with Crippen molar-refractivity contribution in [1.29, 1.82) is 0 Å². The second-order valence-electron chi connectivity index (χ2n) is 1.77. The molecule has 0 fully saturated rings. The average molecular weight is 178 g/mol. The first kappa shape index (κ1) is 11.0. The number of rotatable bonds is 1. The topological polar surface area (TPSA) is 43.1 Å². The van der Waals surface area contributed by atoms with Gasteiger partial charge in [-0.15, -0.1) is 12.6 Å². The van der Waals surface area contributed by atoms with Gasteiger partial charge in [0.05, 0.1) is 4.92 Å². The summed E-state index contributed by atoms with van der Waals surface area (Å²) in [5.74, 6) is 0. The molecule has 3 nitrogen and oxygen atoms in total. The van der Waals surface area contributed by atoms with Crippen molar-refractivity contribution in [3.8, 4) is 0 Å². The van der Waals surface area contributed by atoms with E-state index in [0.717, 1.165) is 4.90 Å². The van der Waals surface area contributed by atoms with Crippen LogP contribution in [0.4, 0.5) is 5.69 Å². The van der Waals surface area contributed by atoms with E-state index in [1.54, 1.807) is 12.1 Å². The van der Waals surface area contributed by atoms with E-state index in [2.05, 4.69) is 12.6 Å². The van der Waals surface area contributed by atoms with Crippen LogP contribution in [-0.2, 0) is 0 Å². The quantitative estimate of drug-likeness (QED) is 0.256. The molecule has 1 aromatic carbocycles. The van der Waals surface area contributed by atoms with Crippen molar-refractivity contribution in [3.63, 3.8) is 0 Å². The van der Waals surface area contributed by atoms with Gasteiger partial charge in [0.25, 0.3) is 5.69 Å². The third-order valence-corrected chi connectivity index (χ3v) is 1.36. The molecule has 0 bridgehead atoms. The first-order valence-electron chi connectivity index (χ1n) is 2.63. The van der Waals surface area contributed by atoms with Crippen molar-refractivity contribution in [2.24, 2.45) is 0 Å². The standard InChI is InChI=1S/C6H5NO2S.Na/c8-7(9)5-1-3-6(10)4-2-5;/h1-4,10H;/q;+1. The number of non-ortho nitro benzene ring substituents is 1. The fourth-order valence-electron chi connectivity index (χ4n) is 0.574. The van der Waals surface area contributed by atoms with E-state index in [1.165, 1.54) is 12.1 Å². The predicted octanol–water partition coefficient (Wildman–Crippen LogP) is -1.11. The molecule has 0 aromatic heterocycles. The molecule has 1 aromatic rings. The summed E-state index contributed by atoms with van der Waals surface area (Å²) < 4.78 is 0. The summed E-state index contributed by atoms with van der Waals surface area (Å²) in [7, 11) is 0. The molecular weight excluding hydrogens is 173 g/mol. The van der Waals surface area contributed by atoms with Gasteiger partial charge in [-0.1, -0.05) is 0 Å². The smallest absolute Gasteiger partial charge is 0.258 e. The molecule has 0 radical (unpaired) electrons. The van der Waals surface area contributed by atoms with Gasteiger partial charge in [-0.2, -0.15) is 0 Å². The van der Waals surface area contributed by atoms with E-state index < -0.39 is 4.92 Å². The Labute approximate surface area is 91.7 Å². The van der Waals surface area contributed by atoms with Crippen LogP contribution in [0.2, 0.25) is 0 Å². The molecule has 52 valence electrons. The van der Waals surface area contributed by atoms with Crippen molar-refractivity contribution in [2.75, 3.05) is 0 Å². The first-order chi connectivity index (χ1) is 4.70. The molecular formula is C6H5NNaO2S+. The number of nitro benzene ring substituents is 1. The zero-order chi connectivity index (χ0) is 7.56. The number of hydrogen-bond donors (Lipinski definition) is 1. The number of thiol groups is 1. The van der Waals surface area contributed by atoms with Gasteiger partial charge in [-0.3, -0.25) is 10.1 Å². The van der Waals surface area contributed by atoms with Crippen LogP contribution >= 0.6 is 12.6 Å². The van der Waals surface area contributed by atoms with Crippen LogP contribution in [0, 0.1) is 10.1 Å². The Hall–Kier alpha value is -0.0300. The maximum absolute atomic E-state index is 10.1. The number of hydrogen-bond acceptors (Lipinski definition) is 3. The van der Waals surface area contributed by atoms with Gasteiger partial charge in [0, 0.05) is 17.0 Å². The molecule has 0 heterocycles. The molecule has 0 aliphatic rings. The van der Waals surface area contributed by atoms with Crippen LogP contribution < -0.4 is 29.6 Å². The molecule has 0 saturated carbocycles. The summed E-state index contributed by atoms with van der Waals surface area (Å²) in [5.41, 5.74) is 0.0952. The average Bonchev–Trinajstić information content (AvgIpc) is 1.88. The predicted molar refractivity (Wildman–Crippen MR) is 40.3 cm³/mol. The molecule has 0 saturated heterocycles. The van der Waals surface area contributed by atoms with Gasteiger partial charge < -0.3 is 0 Å². The summed E-state index contributed by atoms with van der Waals surface area (Å²) in [4.78, 5) is 10.4. The van der Waals surface area contributed by atoms with Crippen molar-refractivity contribution in [3.05, 3.63) is 34.4 Å². The van der Waals surface area contributed by atoms with E-state index in [-0.39, 0.29) is 35.2 Å². The summed E-state index contributed by atoms with van der Waals surface area (Å²) in [6, 6.07) is 6.01. The second-order valence-corrected chi connectivity index (χ2v) is 2.29. The summed E-state index contributed by atoms with van der Waals surface area (Å²) in [6.45, 7) is 0. The van der Waals surface area contributed by atoms with Gasteiger partial charge in [-0.25, -0.2) is 0 Å². The number of nitro groups is 1. The minimum absolute atomic E-state index is 0. The fraction of sp³-hybridized carbons (Fsp3) is 0. The maximum Gasteiger partial charge on any atom is 1.00 e. The van der Waals surface area contributed by atoms with Crippen molar-refractivity contribution in [1.82, 2.24) is 0 Å². The third kappa shape index (κ3) is 3.25. The van der Waals surface area contributed by atoms with E-state index in [4.69, 9.17) is 0 Å². The molecule has 0 atom stereocenters. The summed E-state index contributed by atoms with van der Waals surface area (Å²) >= 11 is 3.98. The Bertz CT molecular complexity index is 249. The number of benzene rings is 1. The molecule has 0 N–H and O–H groups in total. The first-order valence-corrected chi connectivity index (χ1v) is 3.08. The second kappa shape index (κ2) is 4.77. The van der Waals surface area contributed by atoms with Crippen LogP contribution in [-0.4, -0.2) is 4.92 Å². The molecule has 0 unspecified atom stereocenters. The van der Waals surface area contributed by atoms with Crippen LogP contribution in [0.1, 0.15) is 0 Å². The molecule has 0 aliphatic heterocycles. The Morgan fingerprint density at radius 2 is 1.73 bits per heavy atom. The molecule has 0 amide bonds. The molecule has 5 heteroatoms. The fourth-order valence-corrected chi connectivity index (χ4v) is 0.723. The van der Waals surface area contributed by atoms with Gasteiger partial charge >= 0.3 is 29.6 Å². The maximum atomic E-state index is 10.1. The Morgan fingerprint density at radius 3 is 2.09 bits per heavy atom. The van der Waals surface area contributed by atoms with Crippen molar-refractivity contribution in [2.45, 2.75) is 4.90 Å². The van der Waals surface area contributed by atoms with E-state index in [0.29, 0.717) is 0 Å². The molecule has 0 aliphatic carbocycles. The van der Waals surface area contributed by atoms with Gasteiger partial charge in [-0.05, 0) is 12.1 Å².